The number of hydrogen-bond acceptors (Lipinski definition) is 10. The number of carbonyl (C=O) groups excluding carboxylic acids is 1. The van der Waals surface area contributed by atoms with Gasteiger partial charge >= 0.3 is 5.97 Å². The maximum Gasteiger partial charge on any atom is 0.329 e. The van der Waals surface area contributed by atoms with Crippen LogP contribution in [-0.4, -0.2) is 98.4 Å². The number of aromatic hydroxyl groups is 2. The molecule has 10 nitrogen and oxygen atoms in total. The topological polar surface area (TPSA) is 135 Å². The molecule has 0 atom stereocenters. The van der Waals surface area contributed by atoms with Gasteiger partial charge in [-0.15, -0.1) is 11.3 Å². The molecule has 0 amide bonds. The van der Waals surface area contributed by atoms with Crippen LogP contribution >= 0.6 is 11.3 Å². The fraction of sp³-hybridized carbons (Fsp3) is 0.333. The van der Waals surface area contributed by atoms with Crippen LogP contribution in [-0.2, 0) is 19.0 Å². The number of aliphatic carboxylic acids is 1. The van der Waals surface area contributed by atoms with Gasteiger partial charge in [0.25, 0.3) is 0 Å². The van der Waals surface area contributed by atoms with Crippen LogP contribution in [0.3, 0.4) is 0 Å². The van der Waals surface area contributed by atoms with Gasteiger partial charge in [0.2, 0.25) is 0 Å². The molecule has 1 aromatic heterocycles. The van der Waals surface area contributed by atoms with E-state index in [9.17, 15) is 19.8 Å². The number of carboxylic acid groups (broad SMARTS) is 1. The molecule has 234 valence electrons. The lowest BCUT2D eigenvalue weighted by atomic mass is 9.97. The molecule has 3 aromatic carbocycles. The lowest BCUT2D eigenvalue weighted by molar-refractivity contribution is -0.142. The van der Waals surface area contributed by atoms with Crippen LogP contribution in [0, 0.1) is 0 Å². The van der Waals surface area contributed by atoms with E-state index in [1.165, 1.54) is 11.3 Å². The van der Waals surface area contributed by atoms with Crippen molar-refractivity contribution in [1.29, 1.82) is 0 Å². The van der Waals surface area contributed by atoms with Crippen LogP contribution in [0.15, 0.2) is 66.7 Å². The highest BCUT2D eigenvalue weighted by atomic mass is 32.1. The van der Waals surface area contributed by atoms with E-state index < -0.39 is 5.97 Å². The average molecular weight is 624 g/mol. The molecule has 0 saturated carbocycles. The molecule has 3 N–H and O–H groups in total. The summed E-state index contributed by atoms with van der Waals surface area (Å²) in [5.74, 6) is -0.173. The average Bonchev–Trinajstić information content (AvgIpc) is 3.38. The third-order valence-electron chi connectivity index (χ3n) is 6.69. The molecule has 0 spiro atoms. The highest BCUT2D eigenvalue weighted by molar-refractivity contribution is 7.22. The number of phenolic OH excluding ortho intramolecular Hbond substituents is 2. The van der Waals surface area contributed by atoms with Gasteiger partial charge in [0.05, 0.1) is 26.4 Å². The first-order valence-corrected chi connectivity index (χ1v) is 15.1. The summed E-state index contributed by atoms with van der Waals surface area (Å²) in [6.07, 6.45) is 0.859. The summed E-state index contributed by atoms with van der Waals surface area (Å²) in [6, 6.07) is 18.8. The van der Waals surface area contributed by atoms with Crippen LogP contribution in [0.5, 0.6) is 17.2 Å². The molecule has 1 heterocycles. The number of benzene rings is 3. The second kappa shape index (κ2) is 16.7. The Morgan fingerprint density at radius 3 is 2.14 bits per heavy atom. The molecule has 0 fully saturated rings. The molecule has 4 rings (SSSR count). The van der Waals surface area contributed by atoms with Crippen LogP contribution in [0.4, 0.5) is 0 Å². The van der Waals surface area contributed by atoms with Crippen molar-refractivity contribution in [3.05, 3.63) is 77.9 Å². The first-order valence-electron chi connectivity index (χ1n) is 14.3. The minimum atomic E-state index is -0.998. The molecule has 0 aliphatic heterocycles. The van der Waals surface area contributed by atoms with Crippen LogP contribution in [0.2, 0.25) is 0 Å². The molecular weight excluding hydrogens is 586 g/mol. The van der Waals surface area contributed by atoms with Gasteiger partial charge in [-0.1, -0.05) is 0 Å². The largest absolute Gasteiger partial charge is 0.508 e. The molecule has 0 bridgehead atoms. The number of thiophene rings is 1. The highest BCUT2D eigenvalue weighted by Gasteiger charge is 2.22. The minimum absolute atomic E-state index is 0.130. The van der Waals surface area contributed by atoms with Gasteiger partial charge in [-0.2, -0.15) is 0 Å². The smallest absolute Gasteiger partial charge is 0.329 e. The Hall–Kier alpha value is -4.00. The number of carbonyl (C=O) groups is 2. The summed E-state index contributed by atoms with van der Waals surface area (Å²) < 4.78 is 22.5. The maximum atomic E-state index is 13.7. The Morgan fingerprint density at radius 2 is 1.43 bits per heavy atom. The van der Waals surface area contributed by atoms with Crippen LogP contribution in [0.1, 0.15) is 22.3 Å². The first kappa shape index (κ1) is 32.9. The standard InChI is InChI=1S/C33H37NO9S/c1-34(13-2-15-40-17-18-41-19-20-42-22-30(37)38)14-16-43-27-10-5-23(6-11-27)32(39)31-28-12-9-26(36)21-29(28)44-33(31)24-3-7-25(35)8-4-24/h3-12,21,35-36H,2,13-20,22H2,1H3,(H,37,38). The van der Waals surface area contributed by atoms with E-state index in [2.05, 4.69) is 4.90 Å². The first-order chi connectivity index (χ1) is 21.3. The predicted octanol–water partition coefficient (Wildman–Crippen LogP) is 5.05. The summed E-state index contributed by atoms with van der Waals surface area (Å²) in [4.78, 5) is 27.0. The molecular formula is C33H37NO9S. The fourth-order valence-electron chi connectivity index (χ4n) is 4.44. The van der Waals surface area contributed by atoms with E-state index >= 15 is 0 Å². The molecule has 11 heteroatoms. The Bertz CT molecular complexity index is 1500. The molecule has 4 aromatic rings. The van der Waals surface area contributed by atoms with Gasteiger partial charge in [-0.05, 0) is 85.8 Å². The van der Waals surface area contributed by atoms with Crippen molar-refractivity contribution in [3.8, 4) is 27.7 Å². The Morgan fingerprint density at radius 1 is 0.773 bits per heavy atom. The summed E-state index contributed by atoms with van der Waals surface area (Å²) in [5.41, 5.74) is 1.90. The second-order valence-electron chi connectivity index (χ2n) is 10.1. The number of likely N-dealkylation sites (N-methyl/N-ethyl adjacent to an activating group) is 1. The van der Waals surface area contributed by atoms with Gasteiger partial charge < -0.3 is 39.2 Å². The van der Waals surface area contributed by atoms with Gasteiger partial charge in [-0.3, -0.25) is 4.79 Å². The van der Waals surface area contributed by atoms with Crippen molar-refractivity contribution in [2.45, 2.75) is 6.42 Å². The zero-order chi connectivity index (χ0) is 31.3. The van der Waals surface area contributed by atoms with Crippen LogP contribution < -0.4 is 4.74 Å². The number of fused-ring (bicyclic) bond motifs is 1. The predicted molar refractivity (Wildman–Crippen MR) is 168 cm³/mol. The van der Waals surface area contributed by atoms with Crippen molar-refractivity contribution < 1.29 is 43.9 Å². The van der Waals surface area contributed by atoms with Gasteiger partial charge in [-0.25, -0.2) is 4.79 Å². The van der Waals surface area contributed by atoms with Crippen molar-refractivity contribution in [2.24, 2.45) is 0 Å². The zero-order valence-electron chi connectivity index (χ0n) is 24.6. The second-order valence-corrected chi connectivity index (χ2v) is 11.1. The van der Waals surface area contributed by atoms with Gasteiger partial charge in [0.1, 0.15) is 30.5 Å². The summed E-state index contributed by atoms with van der Waals surface area (Å²) in [6.45, 7) is 3.81. The van der Waals surface area contributed by atoms with Crippen molar-refractivity contribution >= 4 is 33.2 Å². The quantitative estimate of drug-likeness (QED) is 0.0963. The van der Waals surface area contributed by atoms with Crippen molar-refractivity contribution in [1.82, 2.24) is 4.90 Å². The molecule has 44 heavy (non-hydrogen) atoms. The molecule has 0 unspecified atom stereocenters. The number of ether oxygens (including phenoxy) is 4. The third kappa shape index (κ3) is 9.76. The number of rotatable bonds is 19. The highest BCUT2D eigenvalue weighted by Crippen LogP contribution is 2.41. The fourth-order valence-corrected chi connectivity index (χ4v) is 5.68. The van der Waals surface area contributed by atoms with E-state index in [1.54, 1.807) is 66.7 Å². The third-order valence-corrected chi connectivity index (χ3v) is 7.89. The SMILES string of the molecule is CN(CCCOCCOCCOCC(=O)O)CCOc1ccc(C(=O)c2c(-c3ccc(O)cc3)sc3cc(O)ccc23)cc1. The monoisotopic (exact) mass is 623 g/mol. The lowest BCUT2D eigenvalue weighted by Crippen LogP contribution is -2.26. The zero-order valence-corrected chi connectivity index (χ0v) is 25.4. The molecule has 0 saturated heterocycles. The van der Waals surface area contributed by atoms with Gasteiger partial charge in [0.15, 0.2) is 5.78 Å². The van der Waals surface area contributed by atoms with E-state index in [-0.39, 0.29) is 30.5 Å². The normalized spacial score (nSPS) is 11.3. The number of hydrogen-bond donors (Lipinski definition) is 3. The van der Waals surface area contributed by atoms with E-state index in [4.69, 9.17) is 24.1 Å². The van der Waals surface area contributed by atoms with E-state index in [0.717, 1.165) is 40.0 Å². The van der Waals surface area contributed by atoms with E-state index in [1.807, 2.05) is 7.05 Å². The Balaban J connectivity index is 1.21. The van der Waals surface area contributed by atoms with Crippen molar-refractivity contribution in [3.63, 3.8) is 0 Å². The number of phenols is 2. The lowest BCUT2D eigenvalue weighted by Gasteiger charge is -2.17. The van der Waals surface area contributed by atoms with Crippen LogP contribution in [0.25, 0.3) is 20.5 Å². The number of nitrogens with zero attached hydrogens (tertiary/aromatic N) is 1. The summed E-state index contributed by atoms with van der Waals surface area (Å²) >= 11 is 1.43. The molecule has 0 radical (unpaired) electrons. The Labute approximate surface area is 260 Å². The van der Waals surface area contributed by atoms with Crippen molar-refractivity contribution in [2.75, 3.05) is 66.4 Å². The minimum Gasteiger partial charge on any atom is -0.508 e. The Kier molecular flexibility index (Phi) is 12.5. The maximum absolute atomic E-state index is 13.7. The molecule has 0 aliphatic carbocycles. The number of carboxylic acids is 1. The summed E-state index contributed by atoms with van der Waals surface area (Å²) in [5, 5.41) is 29.0. The molecule has 0 aliphatic rings. The van der Waals surface area contributed by atoms with E-state index in [0.29, 0.717) is 49.9 Å². The summed E-state index contributed by atoms with van der Waals surface area (Å²) in [7, 11) is 2.02. The number of ketones is 1. The van der Waals surface area contributed by atoms with Gasteiger partial charge in [0, 0.05) is 45.8 Å².